The van der Waals surface area contributed by atoms with E-state index in [2.05, 4.69) is 6.58 Å². The standard InChI is InChI=1S/C21H38O10/c1-5-19(22)30-17-16-28-13-12-26-9-8-24-6-7-25-10-11-27-14-15-29-18-20(23)31-21(2,3)4/h5H,1,6-18H2,2-4H3. The number of ether oxygens (including phenoxy) is 8. The molecule has 0 bridgehead atoms. The maximum absolute atomic E-state index is 11.4. The lowest BCUT2D eigenvalue weighted by Crippen LogP contribution is -2.27. The van der Waals surface area contributed by atoms with Crippen LogP contribution in [0.25, 0.3) is 0 Å². The quantitative estimate of drug-likeness (QED) is 0.144. The fourth-order valence-electron chi connectivity index (χ4n) is 1.89. The highest BCUT2D eigenvalue weighted by atomic mass is 16.6. The minimum Gasteiger partial charge on any atom is -0.460 e. The van der Waals surface area contributed by atoms with E-state index in [1.165, 1.54) is 0 Å². The van der Waals surface area contributed by atoms with E-state index in [4.69, 9.17) is 37.9 Å². The van der Waals surface area contributed by atoms with Crippen molar-refractivity contribution in [1.29, 1.82) is 0 Å². The monoisotopic (exact) mass is 450 g/mol. The summed E-state index contributed by atoms with van der Waals surface area (Å²) < 4.78 is 41.7. The van der Waals surface area contributed by atoms with Crippen LogP contribution in [0, 0.1) is 0 Å². The van der Waals surface area contributed by atoms with Crippen LogP contribution < -0.4 is 0 Å². The highest BCUT2D eigenvalue weighted by Crippen LogP contribution is 2.06. The Kier molecular flexibility index (Phi) is 19.3. The first-order valence-electron chi connectivity index (χ1n) is 10.3. The number of esters is 2. The van der Waals surface area contributed by atoms with Crippen molar-refractivity contribution in [2.75, 3.05) is 85.9 Å². The zero-order chi connectivity index (χ0) is 23.2. The molecule has 31 heavy (non-hydrogen) atoms. The van der Waals surface area contributed by atoms with Crippen LogP contribution in [0.15, 0.2) is 12.7 Å². The van der Waals surface area contributed by atoms with Gasteiger partial charge in [-0.25, -0.2) is 9.59 Å². The van der Waals surface area contributed by atoms with Gasteiger partial charge in [-0.3, -0.25) is 0 Å². The molecule has 0 amide bonds. The molecule has 0 aromatic carbocycles. The zero-order valence-corrected chi connectivity index (χ0v) is 19.1. The van der Waals surface area contributed by atoms with Crippen molar-refractivity contribution in [2.24, 2.45) is 0 Å². The average Bonchev–Trinajstić information content (AvgIpc) is 2.70. The molecule has 0 fully saturated rings. The molecule has 0 rings (SSSR count). The predicted octanol–water partition coefficient (Wildman–Crippen LogP) is 1.16. The molecule has 0 heterocycles. The molecular formula is C21H38O10. The Morgan fingerprint density at radius 3 is 1.35 bits per heavy atom. The lowest BCUT2D eigenvalue weighted by Gasteiger charge is -2.19. The van der Waals surface area contributed by atoms with Crippen molar-refractivity contribution in [3.05, 3.63) is 12.7 Å². The van der Waals surface area contributed by atoms with Gasteiger partial charge in [-0.15, -0.1) is 0 Å². The molecule has 0 N–H and O–H groups in total. The molecule has 10 heteroatoms. The van der Waals surface area contributed by atoms with E-state index in [1.54, 1.807) is 20.8 Å². The van der Waals surface area contributed by atoms with Crippen molar-refractivity contribution in [2.45, 2.75) is 26.4 Å². The SMILES string of the molecule is C=CC(=O)OCCOCCOCCOCCOCCOCCOCC(=O)OC(C)(C)C. The second kappa shape index (κ2) is 20.3. The molecule has 0 saturated heterocycles. The van der Waals surface area contributed by atoms with Gasteiger partial charge in [0.25, 0.3) is 0 Å². The smallest absolute Gasteiger partial charge is 0.332 e. The van der Waals surface area contributed by atoms with E-state index in [1.807, 2.05) is 0 Å². The fraction of sp³-hybridized carbons (Fsp3) is 0.810. The van der Waals surface area contributed by atoms with Gasteiger partial charge in [-0.05, 0) is 20.8 Å². The van der Waals surface area contributed by atoms with E-state index >= 15 is 0 Å². The van der Waals surface area contributed by atoms with Crippen molar-refractivity contribution in [1.82, 2.24) is 0 Å². The van der Waals surface area contributed by atoms with Gasteiger partial charge in [0.1, 0.15) is 18.8 Å². The second-order valence-corrected chi connectivity index (χ2v) is 7.07. The van der Waals surface area contributed by atoms with Crippen LogP contribution in [0.5, 0.6) is 0 Å². The topological polar surface area (TPSA) is 108 Å². The first-order chi connectivity index (χ1) is 14.8. The third-order valence-corrected chi connectivity index (χ3v) is 3.14. The van der Waals surface area contributed by atoms with E-state index in [9.17, 15) is 9.59 Å². The summed E-state index contributed by atoms with van der Waals surface area (Å²) in [7, 11) is 0. The number of rotatable bonds is 21. The molecule has 0 saturated carbocycles. The maximum atomic E-state index is 11.4. The van der Waals surface area contributed by atoms with Crippen molar-refractivity contribution in [3.63, 3.8) is 0 Å². The van der Waals surface area contributed by atoms with Crippen LogP contribution in [0.3, 0.4) is 0 Å². The van der Waals surface area contributed by atoms with Gasteiger partial charge >= 0.3 is 11.9 Å². The molecule has 0 aromatic rings. The second-order valence-electron chi connectivity index (χ2n) is 7.07. The molecule has 0 aliphatic heterocycles. The summed E-state index contributed by atoms with van der Waals surface area (Å²) >= 11 is 0. The number of hydrogen-bond donors (Lipinski definition) is 0. The first kappa shape index (κ1) is 29.4. The third-order valence-electron chi connectivity index (χ3n) is 3.14. The minimum absolute atomic E-state index is 0.0849. The van der Waals surface area contributed by atoms with Gasteiger partial charge < -0.3 is 37.9 Å². The largest absolute Gasteiger partial charge is 0.460 e. The predicted molar refractivity (Wildman–Crippen MR) is 112 cm³/mol. The van der Waals surface area contributed by atoms with Crippen LogP contribution in [0.4, 0.5) is 0 Å². The lowest BCUT2D eigenvalue weighted by atomic mass is 10.2. The molecular weight excluding hydrogens is 412 g/mol. The zero-order valence-electron chi connectivity index (χ0n) is 19.1. The summed E-state index contributed by atoms with van der Waals surface area (Å²) in [6.45, 7) is 13.4. The Morgan fingerprint density at radius 2 is 1.00 bits per heavy atom. The molecule has 0 unspecified atom stereocenters. The van der Waals surface area contributed by atoms with Crippen molar-refractivity contribution >= 4 is 11.9 Å². The van der Waals surface area contributed by atoms with Gasteiger partial charge in [-0.2, -0.15) is 0 Å². The number of carbonyl (C=O) groups excluding carboxylic acids is 2. The van der Waals surface area contributed by atoms with Gasteiger partial charge in [-0.1, -0.05) is 6.58 Å². The molecule has 0 spiro atoms. The van der Waals surface area contributed by atoms with E-state index in [0.717, 1.165) is 6.08 Å². The van der Waals surface area contributed by atoms with Crippen LogP contribution in [0.1, 0.15) is 20.8 Å². The Balaban J connectivity index is 3.15. The van der Waals surface area contributed by atoms with Gasteiger partial charge in [0.15, 0.2) is 0 Å². The van der Waals surface area contributed by atoms with Crippen molar-refractivity contribution < 1.29 is 47.5 Å². The number of hydrogen-bond acceptors (Lipinski definition) is 10. The van der Waals surface area contributed by atoms with Crippen LogP contribution in [-0.4, -0.2) is 103 Å². The van der Waals surface area contributed by atoms with Crippen molar-refractivity contribution in [3.8, 4) is 0 Å². The average molecular weight is 451 g/mol. The normalized spacial score (nSPS) is 11.3. The van der Waals surface area contributed by atoms with Gasteiger partial charge in [0, 0.05) is 6.08 Å². The molecule has 0 radical (unpaired) electrons. The molecule has 0 aliphatic carbocycles. The van der Waals surface area contributed by atoms with E-state index < -0.39 is 17.5 Å². The highest BCUT2D eigenvalue weighted by molar-refractivity contribution is 5.81. The Hall–Kier alpha value is -1.56. The third kappa shape index (κ3) is 24.6. The summed E-state index contributed by atoms with van der Waals surface area (Å²) in [5.41, 5.74) is -0.508. The van der Waals surface area contributed by atoms with E-state index in [0.29, 0.717) is 72.7 Å². The fourth-order valence-corrected chi connectivity index (χ4v) is 1.89. The first-order valence-corrected chi connectivity index (χ1v) is 10.3. The Bertz CT molecular complexity index is 462. The summed E-state index contributed by atoms with van der Waals surface area (Å²) in [6, 6.07) is 0. The lowest BCUT2D eigenvalue weighted by molar-refractivity contribution is -0.160. The van der Waals surface area contributed by atoms with Crippen LogP contribution in [0.2, 0.25) is 0 Å². The van der Waals surface area contributed by atoms with E-state index in [-0.39, 0.29) is 13.2 Å². The summed E-state index contributed by atoms with van der Waals surface area (Å²) in [4.78, 5) is 22.2. The highest BCUT2D eigenvalue weighted by Gasteiger charge is 2.15. The Labute approximate surface area is 185 Å². The van der Waals surface area contributed by atoms with Crippen LogP contribution >= 0.6 is 0 Å². The van der Waals surface area contributed by atoms with Gasteiger partial charge in [0.05, 0.1) is 72.7 Å². The minimum atomic E-state index is -0.508. The maximum Gasteiger partial charge on any atom is 0.332 e. The summed E-state index contributed by atoms with van der Waals surface area (Å²) in [6.07, 6.45) is 1.11. The molecule has 10 nitrogen and oxygen atoms in total. The van der Waals surface area contributed by atoms with Gasteiger partial charge in [0.2, 0.25) is 0 Å². The number of carbonyl (C=O) groups is 2. The summed E-state index contributed by atoms with van der Waals surface area (Å²) in [5, 5.41) is 0. The molecule has 0 aromatic heterocycles. The Morgan fingerprint density at radius 1 is 0.645 bits per heavy atom. The molecule has 0 atom stereocenters. The molecule has 0 aliphatic rings. The molecule has 182 valence electrons. The van der Waals surface area contributed by atoms with Crippen LogP contribution in [-0.2, 0) is 47.5 Å². The summed E-state index contributed by atoms with van der Waals surface area (Å²) in [5.74, 6) is -0.853.